The van der Waals surface area contributed by atoms with Crippen LogP contribution in [0.5, 0.6) is 0 Å². The summed E-state index contributed by atoms with van der Waals surface area (Å²) in [6.45, 7) is 1.29. The summed E-state index contributed by atoms with van der Waals surface area (Å²) in [6.07, 6.45) is 5.64. The van der Waals surface area contributed by atoms with Gasteiger partial charge < -0.3 is 4.90 Å². The number of aromatic nitrogens is 1. The fourth-order valence-electron chi connectivity index (χ4n) is 3.12. The third kappa shape index (κ3) is 3.37. The molecule has 0 saturated heterocycles. The lowest BCUT2D eigenvalue weighted by atomic mass is 9.99. The molecule has 1 aliphatic heterocycles. The molecule has 4 rings (SSSR count). The van der Waals surface area contributed by atoms with Gasteiger partial charge in [0.15, 0.2) is 0 Å². The summed E-state index contributed by atoms with van der Waals surface area (Å²) in [6, 6.07) is 8.63. The Hall–Kier alpha value is -2.41. The Morgan fingerprint density at radius 3 is 2.76 bits per heavy atom. The molecular weight excluding hydrogens is 338 g/mol. The lowest BCUT2D eigenvalue weighted by Gasteiger charge is -2.29. The van der Waals surface area contributed by atoms with Gasteiger partial charge in [-0.25, -0.2) is 8.42 Å². The van der Waals surface area contributed by atoms with Crippen molar-refractivity contribution in [2.75, 3.05) is 11.3 Å². The van der Waals surface area contributed by atoms with Crippen LogP contribution in [0.15, 0.2) is 47.6 Å². The Balaban J connectivity index is 1.55. The van der Waals surface area contributed by atoms with Gasteiger partial charge in [0, 0.05) is 37.1 Å². The maximum Gasteiger partial charge on any atom is 0.263 e. The molecule has 2 aliphatic rings. The first-order valence-corrected chi connectivity index (χ1v) is 9.85. The van der Waals surface area contributed by atoms with Crippen LogP contribution in [-0.2, 0) is 27.8 Å². The molecule has 0 bridgehead atoms. The third-order valence-electron chi connectivity index (χ3n) is 4.65. The summed E-state index contributed by atoms with van der Waals surface area (Å²) >= 11 is 0. The number of amides is 1. The van der Waals surface area contributed by atoms with Gasteiger partial charge in [-0.1, -0.05) is 6.07 Å². The van der Waals surface area contributed by atoms with Crippen LogP contribution in [0.3, 0.4) is 0 Å². The van der Waals surface area contributed by atoms with Gasteiger partial charge in [-0.3, -0.25) is 14.5 Å². The minimum atomic E-state index is -3.67. The second-order valence-electron chi connectivity index (χ2n) is 6.56. The van der Waals surface area contributed by atoms with E-state index in [1.807, 2.05) is 17.0 Å². The SMILES string of the molecule is O=C(C1CC1)N1CCc2ccc(NS(=O)(=O)c3cccnc3)cc2C1. The molecule has 1 aromatic carbocycles. The number of pyridine rings is 1. The van der Waals surface area contributed by atoms with E-state index < -0.39 is 10.0 Å². The van der Waals surface area contributed by atoms with Crippen LogP contribution in [0.1, 0.15) is 24.0 Å². The summed E-state index contributed by atoms with van der Waals surface area (Å²) in [5, 5.41) is 0. The van der Waals surface area contributed by atoms with Crippen molar-refractivity contribution in [2.45, 2.75) is 30.7 Å². The van der Waals surface area contributed by atoms with Crippen molar-refractivity contribution in [3.05, 3.63) is 53.9 Å². The van der Waals surface area contributed by atoms with Gasteiger partial charge in [-0.2, -0.15) is 0 Å². The standard InChI is InChI=1S/C18H19N3O3S/c22-18(14-3-4-14)21-9-7-13-5-6-16(10-15(13)12-21)20-25(23,24)17-2-1-8-19-11-17/h1-2,5-6,8,10-11,14,20H,3-4,7,9,12H2. The number of anilines is 1. The smallest absolute Gasteiger partial charge is 0.263 e. The van der Waals surface area contributed by atoms with Crippen molar-refractivity contribution >= 4 is 21.6 Å². The van der Waals surface area contributed by atoms with Crippen LogP contribution in [0.25, 0.3) is 0 Å². The van der Waals surface area contributed by atoms with Gasteiger partial charge >= 0.3 is 0 Å². The molecule has 1 aromatic heterocycles. The highest BCUT2D eigenvalue weighted by Crippen LogP contribution is 2.33. The molecule has 0 atom stereocenters. The number of nitrogens with zero attached hydrogens (tertiary/aromatic N) is 2. The molecular formula is C18H19N3O3S. The highest BCUT2D eigenvalue weighted by Gasteiger charge is 2.34. The average Bonchev–Trinajstić information content (AvgIpc) is 3.46. The van der Waals surface area contributed by atoms with E-state index in [-0.39, 0.29) is 16.7 Å². The van der Waals surface area contributed by atoms with Gasteiger partial charge in [-0.05, 0) is 54.7 Å². The monoisotopic (exact) mass is 357 g/mol. The Morgan fingerprint density at radius 1 is 1.20 bits per heavy atom. The minimum absolute atomic E-state index is 0.123. The number of nitrogens with one attached hydrogen (secondary N) is 1. The fraction of sp³-hybridized carbons (Fsp3) is 0.333. The second kappa shape index (κ2) is 6.15. The van der Waals surface area contributed by atoms with E-state index in [4.69, 9.17) is 0 Å². The van der Waals surface area contributed by atoms with Gasteiger partial charge in [0.2, 0.25) is 5.91 Å². The maximum absolute atomic E-state index is 12.4. The van der Waals surface area contributed by atoms with E-state index in [0.29, 0.717) is 12.2 Å². The van der Waals surface area contributed by atoms with Crippen LogP contribution in [0.2, 0.25) is 0 Å². The molecule has 130 valence electrons. The summed E-state index contributed by atoms with van der Waals surface area (Å²) < 4.78 is 27.4. The zero-order chi connectivity index (χ0) is 17.4. The number of hydrogen-bond acceptors (Lipinski definition) is 4. The van der Waals surface area contributed by atoms with Crippen LogP contribution in [-0.4, -0.2) is 30.8 Å². The molecule has 1 amide bonds. The number of carbonyl (C=O) groups excluding carboxylic acids is 1. The largest absolute Gasteiger partial charge is 0.338 e. The second-order valence-corrected chi connectivity index (χ2v) is 8.24. The van der Waals surface area contributed by atoms with Crippen molar-refractivity contribution in [1.82, 2.24) is 9.88 Å². The summed E-state index contributed by atoms with van der Waals surface area (Å²) in [7, 11) is -3.67. The predicted octanol–water partition coefficient (Wildman–Crippen LogP) is 2.18. The maximum atomic E-state index is 12.4. The third-order valence-corrected chi connectivity index (χ3v) is 6.02. The Morgan fingerprint density at radius 2 is 2.04 bits per heavy atom. The Bertz CT molecular complexity index is 908. The van der Waals surface area contributed by atoms with Gasteiger partial charge in [-0.15, -0.1) is 0 Å². The van der Waals surface area contributed by atoms with Gasteiger partial charge in [0.05, 0.1) is 0 Å². The topological polar surface area (TPSA) is 79.4 Å². The normalized spacial score (nSPS) is 17.0. The predicted molar refractivity (Wildman–Crippen MR) is 93.3 cm³/mol. The molecule has 7 heteroatoms. The fourth-order valence-corrected chi connectivity index (χ4v) is 4.13. The number of hydrogen-bond donors (Lipinski definition) is 1. The molecule has 1 aliphatic carbocycles. The first-order chi connectivity index (χ1) is 12.0. The first kappa shape index (κ1) is 16.1. The molecule has 1 saturated carbocycles. The summed E-state index contributed by atoms with van der Waals surface area (Å²) in [5.74, 6) is 0.431. The van der Waals surface area contributed by atoms with E-state index in [0.717, 1.165) is 31.4 Å². The lowest BCUT2D eigenvalue weighted by molar-refractivity contribution is -0.133. The minimum Gasteiger partial charge on any atom is -0.338 e. The average molecular weight is 357 g/mol. The zero-order valence-electron chi connectivity index (χ0n) is 13.7. The lowest BCUT2D eigenvalue weighted by Crippen LogP contribution is -2.36. The van der Waals surface area contributed by atoms with E-state index >= 15 is 0 Å². The Labute approximate surface area is 146 Å². The van der Waals surface area contributed by atoms with Crippen molar-refractivity contribution in [3.63, 3.8) is 0 Å². The van der Waals surface area contributed by atoms with E-state index in [9.17, 15) is 13.2 Å². The van der Waals surface area contributed by atoms with Crippen molar-refractivity contribution in [2.24, 2.45) is 5.92 Å². The Kier molecular flexibility index (Phi) is 3.95. The molecule has 0 radical (unpaired) electrons. The summed E-state index contributed by atoms with van der Waals surface area (Å²) in [5.41, 5.74) is 2.68. The first-order valence-electron chi connectivity index (χ1n) is 8.36. The number of fused-ring (bicyclic) bond motifs is 1. The van der Waals surface area contributed by atoms with Crippen LogP contribution < -0.4 is 4.72 Å². The molecule has 0 spiro atoms. The highest BCUT2D eigenvalue weighted by molar-refractivity contribution is 7.92. The van der Waals surface area contributed by atoms with Gasteiger partial charge in [0.1, 0.15) is 4.90 Å². The zero-order valence-corrected chi connectivity index (χ0v) is 14.5. The number of benzene rings is 1. The van der Waals surface area contributed by atoms with E-state index in [1.54, 1.807) is 12.1 Å². The molecule has 1 fully saturated rings. The number of carbonyl (C=O) groups is 1. The van der Waals surface area contributed by atoms with Crippen molar-refractivity contribution in [1.29, 1.82) is 0 Å². The van der Waals surface area contributed by atoms with Crippen LogP contribution >= 0.6 is 0 Å². The highest BCUT2D eigenvalue weighted by atomic mass is 32.2. The van der Waals surface area contributed by atoms with Gasteiger partial charge in [0.25, 0.3) is 10.0 Å². The van der Waals surface area contributed by atoms with Crippen LogP contribution in [0, 0.1) is 5.92 Å². The summed E-state index contributed by atoms with van der Waals surface area (Å²) in [4.78, 5) is 18.1. The van der Waals surface area contributed by atoms with Crippen molar-refractivity contribution in [3.8, 4) is 0 Å². The molecule has 2 heterocycles. The molecule has 2 aromatic rings. The number of rotatable bonds is 4. The number of sulfonamides is 1. The molecule has 0 unspecified atom stereocenters. The molecule has 6 nitrogen and oxygen atoms in total. The van der Waals surface area contributed by atoms with E-state index in [2.05, 4.69) is 9.71 Å². The molecule has 1 N–H and O–H groups in total. The van der Waals surface area contributed by atoms with E-state index in [1.165, 1.54) is 24.0 Å². The molecule has 25 heavy (non-hydrogen) atoms. The van der Waals surface area contributed by atoms with Crippen LogP contribution in [0.4, 0.5) is 5.69 Å². The quantitative estimate of drug-likeness (QED) is 0.910. The van der Waals surface area contributed by atoms with Crippen molar-refractivity contribution < 1.29 is 13.2 Å².